The van der Waals surface area contributed by atoms with Crippen LogP contribution in [0.15, 0.2) is 18.2 Å². The van der Waals surface area contributed by atoms with Crippen molar-refractivity contribution in [1.29, 1.82) is 0 Å². The Morgan fingerprint density at radius 1 is 1.18 bits per heavy atom. The van der Waals surface area contributed by atoms with E-state index in [1.54, 1.807) is 18.0 Å². The zero-order valence-electron chi connectivity index (χ0n) is 17.1. The van der Waals surface area contributed by atoms with Crippen LogP contribution >= 0.6 is 0 Å². The molecule has 3 rings (SSSR count). The number of nitrogens with zero attached hydrogens (tertiary/aromatic N) is 1. The lowest BCUT2D eigenvalue weighted by Gasteiger charge is -2.27. The predicted octanol–water partition coefficient (Wildman–Crippen LogP) is 3.89. The molecule has 5 nitrogen and oxygen atoms in total. The van der Waals surface area contributed by atoms with E-state index in [1.807, 2.05) is 12.1 Å². The molecule has 1 heterocycles. The first-order valence-electron chi connectivity index (χ1n) is 10.7. The van der Waals surface area contributed by atoms with Gasteiger partial charge in [0.2, 0.25) is 11.8 Å². The van der Waals surface area contributed by atoms with Crippen molar-refractivity contribution in [3.63, 3.8) is 0 Å². The molecule has 1 aromatic rings. The molecular formula is C23H32N2O3. The predicted molar refractivity (Wildman–Crippen MR) is 110 cm³/mol. The SMILES string of the molecule is CCCCC1CCC(C(=O)NCCC(=O)c2ccc3c(c2)CC(=O)N3C)CC1. The van der Waals surface area contributed by atoms with Crippen LogP contribution in [0.25, 0.3) is 0 Å². The topological polar surface area (TPSA) is 66.5 Å². The molecule has 1 aliphatic carbocycles. The summed E-state index contributed by atoms with van der Waals surface area (Å²) in [6.45, 7) is 2.60. The van der Waals surface area contributed by atoms with Crippen molar-refractivity contribution < 1.29 is 14.4 Å². The van der Waals surface area contributed by atoms with Gasteiger partial charge in [-0.1, -0.05) is 26.2 Å². The molecule has 0 unspecified atom stereocenters. The molecule has 0 radical (unpaired) electrons. The molecule has 0 spiro atoms. The van der Waals surface area contributed by atoms with Crippen LogP contribution in [0.4, 0.5) is 5.69 Å². The maximum Gasteiger partial charge on any atom is 0.231 e. The van der Waals surface area contributed by atoms with Gasteiger partial charge in [0.25, 0.3) is 0 Å². The van der Waals surface area contributed by atoms with Gasteiger partial charge in [-0.25, -0.2) is 0 Å². The third-order valence-electron chi connectivity index (χ3n) is 6.31. The van der Waals surface area contributed by atoms with Crippen molar-refractivity contribution in [2.24, 2.45) is 11.8 Å². The third-order valence-corrected chi connectivity index (χ3v) is 6.31. The van der Waals surface area contributed by atoms with Gasteiger partial charge in [0.1, 0.15) is 0 Å². The Morgan fingerprint density at radius 2 is 1.93 bits per heavy atom. The number of likely N-dealkylation sites (N-methyl/N-ethyl adjacent to an activating group) is 1. The van der Waals surface area contributed by atoms with Crippen LogP contribution in [-0.2, 0) is 16.0 Å². The van der Waals surface area contributed by atoms with E-state index >= 15 is 0 Å². The number of hydrogen-bond acceptors (Lipinski definition) is 3. The van der Waals surface area contributed by atoms with Gasteiger partial charge >= 0.3 is 0 Å². The van der Waals surface area contributed by atoms with Crippen LogP contribution in [0.2, 0.25) is 0 Å². The lowest BCUT2D eigenvalue weighted by Crippen LogP contribution is -2.34. The summed E-state index contributed by atoms with van der Waals surface area (Å²) in [6.07, 6.45) is 8.72. The Balaban J connectivity index is 1.42. The second-order valence-electron chi connectivity index (χ2n) is 8.30. The molecule has 2 amide bonds. The highest BCUT2D eigenvalue weighted by molar-refractivity contribution is 6.03. The molecule has 0 aromatic heterocycles. The van der Waals surface area contributed by atoms with Crippen LogP contribution in [0, 0.1) is 11.8 Å². The Labute approximate surface area is 167 Å². The number of hydrogen-bond donors (Lipinski definition) is 1. The number of unbranched alkanes of at least 4 members (excludes halogenated alkanes) is 1. The van der Waals surface area contributed by atoms with Crippen molar-refractivity contribution in [2.45, 2.75) is 64.7 Å². The standard InChI is InChI=1S/C23H32N2O3/c1-3-4-5-16-6-8-17(9-7-16)23(28)24-13-12-21(26)18-10-11-20-19(14-18)15-22(27)25(20)2/h10-11,14,16-17H,3-9,12-13,15H2,1-2H3,(H,24,28). The smallest absolute Gasteiger partial charge is 0.231 e. The maximum atomic E-state index is 12.5. The third kappa shape index (κ3) is 4.81. The Hall–Kier alpha value is -2.17. The lowest BCUT2D eigenvalue weighted by atomic mass is 9.79. The second-order valence-corrected chi connectivity index (χ2v) is 8.30. The summed E-state index contributed by atoms with van der Waals surface area (Å²) in [4.78, 5) is 38.3. The first kappa shape index (κ1) is 20.6. The highest BCUT2D eigenvalue weighted by Crippen LogP contribution is 2.32. The lowest BCUT2D eigenvalue weighted by molar-refractivity contribution is -0.126. The minimum atomic E-state index is 0.00776. The van der Waals surface area contributed by atoms with Crippen molar-refractivity contribution in [3.8, 4) is 0 Å². The van der Waals surface area contributed by atoms with E-state index in [4.69, 9.17) is 0 Å². The molecule has 0 bridgehead atoms. The van der Waals surface area contributed by atoms with Gasteiger partial charge in [0.15, 0.2) is 5.78 Å². The zero-order chi connectivity index (χ0) is 20.1. The number of fused-ring (bicyclic) bond motifs is 1. The molecule has 1 aromatic carbocycles. The van der Waals surface area contributed by atoms with Gasteiger partial charge < -0.3 is 10.2 Å². The van der Waals surface area contributed by atoms with Gasteiger partial charge in [0.05, 0.1) is 6.42 Å². The molecule has 2 aliphatic rings. The van der Waals surface area contributed by atoms with Crippen LogP contribution in [0.1, 0.15) is 74.2 Å². The molecule has 1 fully saturated rings. The molecule has 0 saturated heterocycles. The average Bonchev–Trinajstić information content (AvgIpc) is 2.99. The first-order valence-corrected chi connectivity index (χ1v) is 10.7. The second kappa shape index (κ2) is 9.35. The number of rotatable bonds is 8. The minimum Gasteiger partial charge on any atom is -0.355 e. The van der Waals surface area contributed by atoms with Crippen LogP contribution in [-0.4, -0.2) is 31.2 Å². The van der Waals surface area contributed by atoms with Gasteiger partial charge in [-0.2, -0.15) is 0 Å². The fraction of sp³-hybridized carbons (Fsp3) is 0.609. The fourth-order valence-electron chi connectivity index (χ4n) is 4.44. The number of nitrogens with one attached hydrogen (secondary N) is 1. The summed E-state index contributed by atoms with van der Waals surface area (Å²) in [6, 6.07) is 5.43. The summed E-state index contributed by atoms with van der Waals surface area (Å²) in [7, 11) is 1.75. The highest BCUT2D eigenvalue weighted by atomic mass is 16.2. The summed E-state index contributed by atoms with van der Waals surface area (Å²) >= 11 is 0. The van der Waals surface area contributed by atoms with Gasteiger partial charge in [-0.3, -0.25) is 14.4 Å². The Bertz CT molecular complexity index is 735. The summed E-state index contributed by atoms with van der Waals surface area (Å²) in [5, 5.41) is 2.96. The summed E-state index contributed by atoms with van der Waals surface area (Å²) in [5.41, 5.74) is 2.40. The maximum absolute atomic E-state index is 12.5. The number of benzene rings is 1. The Kier molecular flexibility index (Phi) is 6.87. The number of anilines is 1. The van der Waals surface area contributed by atoms with Crippen LogP contribution in [0.5, 0.6) is 0 Å². The van der Waals surface area contributed by atoms with Crippen molar-refractivity contribution in [3.05, 3.63) is 29.3 Å². The average molecular weight is 385 g/mol. The summed E-state index contributed by atoms with van der Waals surface area (Å²) < 4.78 is 0. The van der Waals surface area contributed by atoms with Crippen LogP contribution < -0.4 is 10.2 Å². The van der Waals surface area contributed by atoms with E-state index < -0.39 is 0 Å². The zero-order valence-corrected chi connectivity index (χ0v) is 17.1. The quantitative estimate of drug-likeness (QED) is 0.692. The Morgan fingerprint density at radius 3 is 2.64 bits per heavy atom. The molecule has 28 heavy (non-hydrogen) atoms. The molecule has 152 valence electrons. The molecule has 0 atom stereocenters. The molecule has 1 aliphatic heterocycles. The first-order chi connectivity index (χ1) is 13.5. The summed E-state index contributed by atoms with van der Waals surface area (Å²) in [5.74, 6) is 1.05. The monoisotopic (exact) mass is 384 g/mol. The largest absolute Gasteiger partial charge is 0.355 e. The number of carbonyl (C=O) groups is 3. The molecule has 1 N–H and O–H groups in total. The van der Waals surface area contributed by atoms with E-state index in [0.29, 0.717) is 24.9 Å². The van der Waals surface area contributed by atoms with E-state index in [2.05, 4.69) is 12.2 Å². The van der Waals surface area contributed by atoms with Crippen molar-refractivity contribution >= 4 is 23.3 Å². The number of ketones is 1. The number of Topliss-reactive ketones (excluding diaryl/α,β-unsaturated/α-hetero) is 1. The minimum absolute atomic E-state index is 0.00776. The number of amides is 2. The van der Waals surface area contributed by atoms with E-state index in [-0.39, 0.29) is 23.5 Å². The van der Waals surface area contributed by atoms with E-state index in [1.165, 1.54) is 19.3 Å². The van der Waals surface area contributed by atoms with Gasteiger partial charge in [-0.05, 0) is 55.4 Å². The van der Waals surface area contributed by atoms with E-state index in [0.717, 1.165) is 42.9 Å². The molecular weight excluding hydrogens is 352 g/mol. The molecule has 5 heteroatoms. The fourth-order valence-corrected chi connectivity index (χ4v) is 4.44. The van der Waals surface area contributed by atoms with Crippen LogP contribution in [0.3, 0.4) is 0 Å². The molecule has 1 saturated carbocycles. The van der Waals surface area contributed by atoms with E-state index in [9.17, 15) is 14.4 Å². The van der Waals surface area contributed by atoms with Crippen molar-refractivity contribution in [1.82, 2.24) is 5.32 Å². The normalized spacial score (nSPS) is 21.5. The van der Waals surface area contributed by atoms with Crippen molar-refractivity contribution in [2.75, 3.05) is 18.5 Å². The van der Waals surface area contributed by atoms with Gasteiger partial charge in [-0.15, -0.1) is 0 Å². The van der Waals surface area contributed by atoms with Gasteiger partial charge in [0, 0.05) is 37.2 Å². The number of carbonyl (C=O) groups excluding carboxylic acids is 3. The highest BCUT2D eigenvalue weighted by Gasteiger charge is 2.26.